The maximum absolute atomic E-state index is 14.0. The number of carbonyl (C=O) groups is 3. The minimum Gasteiger partial charge on any atom is -0.481 e. The lowest BCUT2D eigenvalue weighted by Crippen LogP contribution is -2.49. The first-order valence-electron chi connectivity index (χ1n) is 18.3. The van der Waals surface area contributed by atoms with E-state index < -0.39 is 23.6 Å². The maximum Gasteiger partial charge on any atom is 0.416 e. The smallest absolute Gasteiger partial charge is 0.416 e. The fraction of sp³-hybridized carbons (Fsp3) is 0.410. The van der Waals surface area contributed by atoms with Crippen molar-refractivity contribution in [2.45, 2.75) is 38.4 Å². The summed E-state index contributed by atoms with van der Waals surface area (Å²) in [5.74, 6) is -1.41. The number of nitrogens with one attached hydrogen (secondary N) is 1. The second-order valence-electron chi connectivity index (χ2n) is 13.1. The van der Waals surface area contributed by atoms with Gasteiger partial charge < -0.3 is 24.6 Å². The fourth-order valence-corrected chi connectivity index (χ4v) is 5.84. The number of hydrogen-bond acceptors (Lipinski definition) is 10. The highest BCUT2D eigenvalue weighted by Gasteiger charge is 2.31. The van der Waals surface area contributed by atoms with Crippen LogP contribution >= 0.6 is 0 Å². The lowest BCUT2D eigenvalue weighted by Gasteiger charge is -2.35. The minimum atomic E-state index is -4.51. The first kappa shape index (κ1) is 42.0. The monoisotopic (exact) mass is 781 g/mol. The molecule has 14 nitrogen and oxygen atoms in total. The summed E-state index contributed by atoms with van der Waals surface area (Å²) in [5, 5.41) is 19.3. The highest BCUT2D eigenvalue weighted by molar-refractivity contribution is 6.06. The van der Waals surface area contributed by atoms with Crippen molar-refractivity contribution in [1.29, 1.82) is 0 Å². The van der Waals surface area contributed by atoms with Gasteiger partial charge in [0.25, 0.3) is 11.8 Å². The van der Waals surface area contributed by atoms with Gasteiger partial charge in [0.15, 0.2) is 5.82 Å². The summed E-state index contributed by atoms with van der Waals surface area (Å²) in [4.78, 5) is 44.1. The van der Waals surface area contributed by atoms with E-state index in [9.17, 15) is 27.6 Å². The van der Waals surface area contributed by atoms with Crippen LogP contribution in [0.25, 0.3) is 5.69 Å². The molecule has 0 radical (unpaired) electrons. The van der Waals surface area contributed by atoms with Gasteiger partial charge in [0, 0.05) is 49.7 Å². The maximum atomic E-state index is 14.0. The number of carboxylic acids is 1. The van der Waals surface area contributed by atoms with Crippen molar-refractivity contribution in [3.05, 3.63) is 102 Å². The molecule has 56 heavy (non-hydrogen) atoms. The predicted molar refractivity (Wildman–Crippen MR) is 200 cm³/mol. The number of carbonyl (C=O) groups excluding carboxylic acids is 2. The molecule has 2 amide bonds. The van der Waals surface area contributed by atoms with Crippen LogP contribution in [0.5, 0.6) is 0 Å². The van der Waals surface area contributed by atoms with E-state index in [1.165, 1.54) is 28.0 Å². The van der Waals surface area contributed by atoms with Crippen LogP contribution < -0.4 is 10.3 Å². The molecule has 0 aliphatic carbocycles. The molecular formula is C39H46F3N7O7. The third kappa shape index (κ3) is 12.7. The van der Waals surface area contributed by atoms with Gasteiger partial charge in [-0.1, -0.05) is 18.6 Å². The van der Waals surface area contributed by atoms with Gasteiger partial charge >= 0.3 is 12.1 Å². The number of carboxylic acid groups (broad SMARTS) is 1. The fourth-order valence-electron chi connectivity index (χ4n) is 5.84. The number of rotatable bonds is 20. The zero-order valence-electron chi connectivity index (χ0n) is 31.1. The van der Waals surface area contributed by atoms with Crippen molar-refractivity contribution in [2.75, 3.05) is 76.6 Å². The Balaban J connectivity index is 1.12. The molecule has 0 bridgehead atoms. The molecule has 17 heteroatoms. The quantitative estimate of drug-likeness (QED) is 0.109. The Hall–Kier alpha value is -5.20. The van der Waals surface area contributed by atoms with Crippen LogP contribution in [0.15, 0.2) is 79.0 Å². The van der Waals surface area contributed by atoms with Crippen molar-refractivity contribution < 1.29 is 46.9 Å². The summed E-state index contributed by atoms with van der Waals surface area (Å²) in [7, 11) is 1.92. The van der Waals surface area contributed by atoms with E-state index in [4.69, 9.17) is 19.3 Å². The molecule has 5 rings (SSSR count). The SMILES string of the molecule is CN(CCOCCOCCOCCC(=O)O)Cc1cccc(C(=O)Nc2ccc(C(=O)N(c3ccn(-c4cccc(C(F)(F)F)c4)n3)N3CCCCC3)cc2)n1. The Morgan fingerprint density at radius 3 is 2.23 bits per heavy atom. The minimum absolute atomic E-state index is 0.0395. The molecule has 1 aliphatic rings. The van der Waals surface area contributed by atoms with Gasteiger partial charge in [0.05, 0.1) is 63.0 Å². The molecule has 0 unspecified atom stereocenters. The first-order valence-corrected chi connectivity index (χ1v) is 18.3. The van der Waals surface area contributed by atoms with Crippen molar-refractivity contribution in [1.82, 2.24) is 24.7 Å². The Kier molecular flexibility index (Phi) is 15.5. The van der Waals surface area contributed by atoms with Crippen molar-refractivity contribution >= 4 is 29.3 Å². The van der Waals surface area contributed by atoms with E-state index in [0.717, 1.165) is 31.4 Å². The Bertz CT molecular complexity index is 1890. The average Bonchev–Trinajstić information content (AvgIpc) is 3.67. The van der Waals surface area contributed by atoms with Crippen LogP contribution in [-0.4, -0.2) is 114 Å². The van der Waals surface area contributed by atoms with Gasteiger partial charge in [-0.15, -0.1) is 5.10 Å². The van der Waals surface area contributed by atoms with Crippen LogP contribution in [0.3, 0.4) is 0 Å². The van der Waals surface area contributed by atoms with Crippen LogP contribution in [0.2, 0.25) is 0 Å². The number of likely N-dealkylation sites (N-methyl/N-ethyl adjacent to an activating group) is 1. The standard InChI is InChI=1S/C39H46F3N7O7/c1-46(20-22-55-24-26-56-25-23-54-21-16-36(50)51)28-32-8-6-10-34(43-32)37(52)44-31-13-11-29(12-14-31)38(53)49(47-17-3-2-4-18-47)35-15-19-48(45-35)33-9-5-7-30(27-33)39(40,41)42/h5-15,19,27H,2-4,16-18,20-26,28H2,1H3,(H,44,52)(H,50,51). The molecule has 0 atom stereocenters. The number of alkyl halides is 3. The van der Waals surface area contributed by atoms with Crippen LogP contribution in [0.1, 0.15) is 57.8 Å². The zero-order chi connectivity index (χ0) is 39.9. The third-order valence-corrected chi connectivity index (χ3v) is 8.72. The average molecular weight is 782 g/mol. The summed E-state index contributed by atoms with van der Waals surface area (Å²) in [6, 6.07) is 18.1. The van der Waals surface area contributed by atoms with E-state index in [1.807, 2.05) is 23.0 Å². The topological polar surface area (TPSA) is 152 Å². The normalized spacial score (nSPS) is 13.5. The molecular weight excluding hydrogens is 735 g/mol. The summed E-state index contributed by atoms with van der Waals surface area (Å²) in [6.07, 6.45) is -0.258. The number of anilines is 2. The molecule has 2 aromatic heterocycles. The molecule has 1 aliphatic heterocycles. The third-order valence-electron chi connectivity index (χ3n) is 8.72. The molecule has 2 aromatic carbocycles. The molecule has 0 spiro atoms. The summed E-state index contributed by atoms with van der Waals surface area (Å²) >= 11 is 0. The van der Waals surface area contributed by atoms with E-state index in [1.54, 1.807) is 42.5 Å². The Morgan fingerprint density at radius 2 is 1.54 bits per heavy atom. The number of nitrogens with zero attached hydrogens (tertiary/aromatic N) is 6. The van der Waals surface area contributed by atoms with Gasteiger partial charge in [-0.25, -0.2) is 19.7 Å². The number of pyridine rings is 1. The van der Waals surface area contributed by atoms with Gasteiger partial charge in [-0.05, 0) is 74.5 Å². The molecule has 300 valence electrons. The van der Waals surface area contributed by atoms with Crippen LogP contribution in [-0.2, 0) is 31.7 Å². The van der Waals surface area contributed by atoms with E-state index >= 15 is 0 Å². The Morgan fingerprint density at radius 1 is 0.857 bits per heavy atom. The number of aliphatic carboxylic acids is 1. The lowest BCUT2D eigenvalue weighted by atomic mass is 10.1. The summed E-state index contributed by atoms with van der Waals surface area (Å²) in [6.45, 7) is 4.41. The Labute approximate surface area is 322 Å². The number of piperidine rings is 1. The summed E-state index contributed by atoms with van der Waals surface area (Å²) < 4.78 is 57.6. The summed E-state index contributed by atoms with van der Waals surface area (Å²) in [5.41, 5.74) is 1.13. The largest absolute Gasteiger partial charge is 0.481 e. The number of hydrogen-bond donors (Lipinski definition) is 2. The number of hydrazine groups is 1. The molecule has 0 saturated carbocycles. The molecule has 1 saturated heterocycles. The van der Waals surface area contributed by atoms with Crippen LogP contribution in [0.4, 0.5) is 24.7 Å². The number of benzene rings is 2. The number of halogens is 3. The van der Waals surface area contributed by atoms with E-state index in [-0.39, 0.29) is 36.1 Å². The highest BCUT2D eigenvalue weighted by Crippen LogP contribution is 2.31. The van der Waals surface area contributed by atoms with Crippen molar-refractivity contribution in [2.24, 2.45) is 0 Å². The predicted octanol–water partition coefficient (Wildman–Crippen LogP) is 5.54. The number of aromatic nitrogens is 3. The molecule has 1 fully saturated rings. The second-order valence-corrected chi connectivity index (χ2v) is 13.1. The highest BCUT2D eigenvalue weighted by atomic mass is 19.4. The number of ether oxygens (including phenoxy) is 3. The molecule has 4 aromatic rings. The molecule has 3 heterocycles. The lowest BCUT2D eigenvalue weighted by molar-refractivity contribution is -0.139. The van der Waals surface area contributed by atoms with Crippen LogP contribution in [0, 0.1) is 0 Å². The van der Waals surface area contributed by atoms with Gasteiger partial charge in [0.1, 0.15) is 5.69 Å². The van der Waals surface area contributed by atoms with Gasteiger partial charge in [-0.3, -0.25) is 19.3 Å². The van der Waals surface area contributed by atoms with E-state index in [2.05, 4.69) is 15.4 Å². The first-order chi connectivity index (χ1) is 27.0. The molecule has 2 N–H and O–H groups in total. The number of amides is 2. The van der Waals surface area contributed by atoms with E-state index in [0.29, 0.717) is 76.2 Å². The van der Waals surface area contributed by atoms with Gasteiger partial charge in [-0.2, -0.15) is 13.2 Å². The van der Waals surface area contributed by atoms with Gasteiger partial charge in [0.2, 0.25) is 0 Å². The second kappa shape index (κ2) is 20.6. The van der Waals surface area contributed by atoms with Crippen molar-refractivity contribution in [3.8, 4) is 5.69 Å². The van der Waals surface area contributed by atoms with Crippen molar-refractivity contribution in [3.63, 3.8) is 0 Å². The zero-order valence-corrected chi connectivity index (χ0v) is 31.1.